The van der Waals surface area contributed by atoms with Crippen molar-refractivity contribution < 1.29 is 17.6 Å². The second-order valence-corrected chi connectivity index (χ2v) is 5.98. The smallest absolute Gasteiger partial charge is 0.165 e. The van der Waals surface area contributed by atoms with E-state index in [4.69, 9.17) is 5.73 Å². The highest BCUT2D eigenvalue weighted by molar-refractivity contribution is 5.31. The molecule has 0 atom stereocenters. The van der Waals surface area contributed by atoms with Gasteiger partial charge in [0, 0.05) is 16.7 Å². The third-order valence-electron chi connectivity index (χ3n) is 2.69. The molecular weight excluding hydrogens is 258 g/mol. The fourth-order valence-electron chi connectivity index (χ4n) is 1.92. The molecule has 0 bridgehead atoms. The molecular formula is C14H19F4N. The second kappa shape index (κ2) is 5.49. The maximum Gasteiger partial charge on any atom is 0.165 e. The molecule has 0 aliphatic rings. The molecule has 0 aliphatic heterocycles. The zero-order valence-electron chi connectivity index (χ0n) is 11.6. The van der Waals surface area contributed by atoms with E-state index in [-0.39, 0.29) is 18.8 Å². The molecule has 108 valence electrons. The van der Waals surface area contributed by atoms with Gasteiger partial charge in [-0.25, -0.2) is 17.6 Å². The van der Waals surface area contributed by atoms with Crippen LogP contribution in [0.2, 0.25) is 0 Å². The lowest BCUT2D eigenvalue weighted by Gasteiger charge is -2.20. The normalized spacial score (nSPS) is 12.3. The van der Waals surface area contributed by atoms with Crippen molar-refractivity contribution in [1.29, 1.82) is 0 Å². The van der Waals surface area contributed by atoms with Crippen LogP contribution < -0.4 is 5.73 Å². The van der Waals surface area contributed by atoms with Crippen LogP contribution in [0.5, 0.6) is 0 Å². The Balaban J connectivity index is 3.39. The van der Waals surface area contributed by atoms with Gasteiger partial charge in [-0.05, 0) is 32.6 Å². The first kappa shape index (κ1) is 16.0. The van der Waals surface area contributed by atoms with Crippen LogP contribution in [0.25, 0.3) is 0 Å². The van der Waals surface area contributed by atoms with Crippen LogP contribution in [0.4, 0.5) is 17.6 Å². The quantitative estimate of drug-likeness (QED) is 0.658. The van der Waals surface area contributed by atoms with E-state index >= 15 is 0 Å². The highest BCUT2D eigenvalue weighted by atomic mass is 19.2. The zero-order chi connectivity index (χ0) is 15.0. The summed E-state index contributed by atoms with van der Waals surface area (Å²) in [5.74, 6) is -5.42. The second-order valence-electron chi connectivity index (χ2n) is 5.98. The zero-order valence-corrected chi connectivity index (χ0v) is 11.6. The van der Waals surface area contributed by atoms with E-state index in [0.29, 0.717) is 0 Å². The lowest BCUT2D eigenvalue weighted by Crippen LogP contribution is -2.35. The Morgan fingerprint density at radius 3 is 1.58 bits per heavy atom. The van der Waals surface area contributed by atoms with Crippen LogP contribution in [0.1, 0.15) is 38.8 Å². The molecule has 1 nitrogen and oxygen atoms in total. The first-order valence-electron chi connectivity index (χ1n) is 6.17. The molecule has 1 rings (SSSR count). The van der Waals surface area contributed by atoms with E-state index in [1.165, 1.54) is 13.8 Å². The number of hydrogen-bond acceptors (Lipinski definition) is 1. The van der Waals surface area contributed by atoms with Crippen molar-refractivity contribution in [2.45, 2.75) is 46.1 Å². The van der Waals surface area contributed by atoms with E-state index in [9.17, 15) is 17.6 Å². The van der Waals surface area contributed by atoms with Crippen LogP contribution in [-0.4, -0.2) is 5.54 Å². The van der Waals surface area contributed by atoms with Crippen LogP contribution in [0.15, 0.2) is 0 Å². The minimum Gasteiger partial charge on any atom is -0.325 e. The molecule has 0 amide bonds. The lowest BCUT2D eigenvalue weighted by atomic mass is 9.92. The third kappa shape index (κ3) is 3.69. The monoisotopic (exact) mass is 277 g/mol. The molecule has 0 fully saturated rings. The maximum absolute atomic E-state index is 13.8. The molecule has 5 heteroatoms. The molecule has 0 unspecified atom stereocenters. The molecule has 0 aromatic heterocycles. The minimum atomic E-state index is -1.34. The van der Waals surface area contributed by atoms with Crippen molar-refractivity contribution in [2.24, 2.45) is 11.7 Å². The van der Waals surface area contributed by atoms with Gasteiger partial charge in [-0.3, -0.25) is 0 Å². The average molecular weight is 277 g/mol. The van der Waals surface area contributed by atoms with Crippen molar-refractivity contribution in [3.05, 3.63) is 34.4 Å². The van der Waals surface area contributed by atoms with Crippen molar-refractivity contribution in [3.63, 3.8) is 0 Å². The Hall–Kier alpha value is -1.10. The summed E-state index contributed by atoms with van der Waals surface area (Å²) < 4.78 is 55.3. The SMILES string of the molecule is CC(C)Cc1c(F)c(F)c(CC(C)(C)N)c(F)c1F. The van der Waals surface area contributed by atoms with Crippen LogP contribution in [0.3, 0.4) is 0 Å². The van der Waals surface area contributed by atoms with Crippen molar-refractivity contribution in [1.82, 2.24) is 0 Å². The van der Waals surface area contributed by atoms with Gasteiger partial charge in [-0.15, -0.1) is 0 Å². The molecule has 2 N–H and O–H groups in total. The summed E-state index contributed by atoms with van der Waals surface area (Å²) >= 11 is 0. The lowest BCUT2D eigenvalue weighted by molar-refractivity contribution is 0.400. The molecule has 0 radical (unpaired) electrons. The summed E-state index contributed by atoms with van der Waals surface area (Å²) in [6, 6.07) is 0. The Labute approximate surface area is 110 Å². The Morgan fingerprint density at radius 1 is 0.895 bits per heavy atom. The van der Waals surface area contributed by atoms with Gasteiger partial charge < -0.3 is 5.73 Å². The summed E-state index contributed by atoms with van der Waals surface area (Å²) in [6.07, 6.45) is -0.335. The molecule has 0 spiro atoms. The molecule has 0 saturated heterocycles. The summed E-state index contributed by atoms with van der Waals surface area (Å²) in [5.41, 5.74) is 3.52. The van der Waals surface area contributed by atoms with Gasteiger partial charge in [-0.1, -0.05) is 13.8 Å². The fraction of sp³-hybridized carbons (Fsp3) is 0.571. The van der Waals surface area contributed by atoms with Gasteiger partial charge in [0.15, 0.2) is 23.3 Å². The number of hydrogen-bond donors (Lipinski definition) is 1. The van der Waals surface area contributed by atoms with Gasteiger partial charge in [-0.2, -0.15) is 0 Å². The Bertz CT molecular complexity index is 446. The number of nitrogens with two attached hydrogens (primary N) is 1. The van der Waals surface area contributed by atoms with Crippen LogP contribution in [-0.2, 0) is 12.8 Å². The van der Waals surface area contributed by atoms with Crippen molar-refractivity contribution >= 4 is 0 Å². The largest absolute Gasteiger partial charge is 0.325 e. The topological polar surface area (TPSA) is 26.0 Å². The summed E-state index contributed by atoms with van der Waals surface area (Å²) in [5, 5.41) is 0. The maximum atomic E-state index is 13.8. The Morgan fingerprint density at radius 2 is 1.26 bits per heavy atom. The van der Waals surface area contributed by atoms with Gasteiger partial charge in [0.05, 0.1) is 0 Å². The van der Waals surface area contributed by atoms with Crippen LogP contribution >= 0.6 is 0 Å². The minimum absolute atomic E-state index is 0.0577. The highest BCUT2D eigenvalue weighted by Gasteiger charge is 2.28. The summed E-state index contributed by atoms with van der Waals surface area (Å²) in [6.45, 7) is 6.49. The Kier molecular flexibility index (Phi) is 4.61. The standard InChI is InChI=1S/C14H19F4N/c1-7(2)5-8-10(15)12(17)9(6-14(3,4)19)13(18)11(8)16/h7H,5-6,19H2,1-4H3. The number of benzene rings is 1. The molecule has 19 heavy (non-hydrogen) atoms. The van der Waals surface area contributed by atoms with Crippen molar-refractivity contribution in [2.75, 3.05) is 0 Å². The number of halogens is 4. The highest BCUT2D eigenvalue weighted by Crippen LogP contribution is 2.28. The van der Waals surface area contributed by atoms with Gasteiger partial charge >= 0.3 is 0 Å². The fourth-order valence-corrected chi connectivity index (χ4v) is 1.92. The molecule has 1 aromatic rings. The van der Waals surface area contributed by atoms with Crippen molar-refractivity contribution in [3.8, 4) is 0 Å². The first-order chi connectivity index (χ1) is 8.54. The predicted octanol–water partition coefficient (Wildman–Crippen LogP) is 3.72. The average Bonchev–Trinajstić information content (AvgIpc) is 2.26. The number of rotatable bonds is 4. The summed E-state index contributed by atoms with van der Waals surface area (Å²) in [7, 11) is 0. The molecule has 1 aromatic carbocycles. The van der Waals surface area contributed by atoms with Gasteiger partial charge in [0.2, 0.25) is 0 Å². The van der Waals surface area contributed by atoms with E-state index in [0.717, 1.165) is 0 Å². The predicted molar refractivity (Wildman–Crippen MR) is 66.8 cm³/mol. The van der Waals surface area contributed by atoms with E-state index in [1.807, 2.05) is 0 Å². The van der Waals surface area contributed by atoms with E-state index < -0.39 is 39.9 Å². The van der Waals surface area contributed by atoms with Gasteiger partial charge in [0.1, 0.15) is 0 Å². The third-order valence-corrected chi connectivity index (χ3v) is 2.69. The molecule has 0 saturated carbocycles. The molecule has 0 heterocycles. The summed E-state index contributed by atoms with van der Waals surface area (Å²) in [4.78, 5) is 0. The van der Waals surface area contributed by atoms with Crippen LogP contribution in [0, 0.1) is 29.2 Å². The van der Waals surface area contributed by atoms with Gasteiger partial charge in [0.25, 0.3) is 0 Å². The van der Waals surface area contributed by atoms with E-state index in [2.05, 4.69) is 0 Å². The van der Waals surface area contributed by atoms with E-state index in [1.54, 1.807) is 13.8 Å². The molecule has 0 aliphatic carbocycles. The first-order valence-corrected chi connectivity index (χ1v) is 6.17.